The summed E-state index contributed by atoms with van der Waals surface area (Å²) in [4.78, 5) is 25.0. The van der Waals surface area contributed by atoms with Gasteiger partial charge >= 0.3 is 0 Å². The van der Waals surface area contributed by atoms with Gasteiger partial charge in [-0.1, -0.05) is 29.3 Å². The van der Waals surface area contributed by atoms with Crippen molar-refractivity contribution >= 4 is 35.0 Å². The Morgan fingerprint density at radius 1 is 1.36 bits per heavy atom. The molecule has 0 bridgehead atoms. The van der Waals surface area contributed by atoms with Crippen molar-refractivity contribution in [3.63, 3.8) is 0 Å². The Morgan fingerprint density at radius 2 is 2.09 bits per heavy atom. The first-order chi connectivity index (χ1) is 10.3. The maximum absolute atomic E-state index is 12.3. The molecule has 1 unspecified atom stereocenters. The smallest absolute Gasteiger partial charge is 0.251 e. The van der Waals surface area contributed by atoms with E-state index in [0.29, 0.717) is 29.4 Å². The number of aliphatic hydroxyl groups is 1. The van der Waals surface area contributed by atoms with E-state index in [-0.39, 0.29) is 25.3 Å². The summed E-state index contributed by atoms with van der Waals surface area (Å²) in [5.74, 6) is -0.920. The maximum atomic E-state index is 12.3. The molecule has 1 fully saturated rings. The molecule has 0 radical (unpaired) electrons. The summed E-state index contributed by atoms with van der Waals surface area (Å²) in [5.41, 5.74) is 4.42. The van der Waals surface area contributed by atoms with Gasteiger partial charge in [-0.05, 0) is 37.0 Å². The number of halogens is 2. The highest BCUT2D eigenvalue weighted by Gasteiger charge is 2.39. The standard InChI is InChI=1S/C15H18Cl2N2O3/c16-11-4-2-10(12(17)8-11)3-5-13(20)19-7-1-6-15(22,9-19)14(18)21/h2,4,8,22H,1,3,5-7,9H2,(H2,18,21). The fraction of sp³-hybridized carbons (Fsp3) is 0.467. The van der Waals surface area contributed by atoms with E-state index in [1.54, 1.807) is 18.2 Å². The zero-order chi connectivity index (χ0) is 16.3. The summed E-state index contributed by atoms with van der Waals surface area (Å²) < 4.78 is 0. The van der Waals surface area contributed by atoms with E-state index in [0.717, 1.165) is 5.56 Å². The average Bonchev–Trinajstić information content (AvgIpc) is 2.46. The fourth-order valence-corrected chi connectivity index (χ4v) is 3.08. The maximum Gasteiger partial charge on any atom is 0.251 e. The summed E-state index contributed by atoms with van der Waals surface area (Å²) in [7, 11) is 0. The van der Waals surface area contributed by atoms with Crippen LogP contribution in [0.15, 0.2) is 18.2 Å². The first-order valence-electron chi connectivity index (χ1n) is 7.06. The van der Waals surface area contributed by atoms with Crippen molar-refractivity contribution in [3.05, 3.63) is 33.8 Å². The normalized spacial score (nSPS) is 21.7. The molecule has 22 heavy (non-hydrogen) atoms. The number of primary amides is 1. The highest BCUT2D eigenvalue weighted by atomic mass is 35.5. The lowest BCUT2D eigenvalue weighted by Crippen LogP contribution is -2.57. The zero-order valence-electron chi connectivity index (χ0n) is 12.0. The Labute approximate surface area is 139 Å². The first-order valence-corrected chi connectivity index (χ1v) is 7.81. The molecule has 1 atom stereocenters. The highest BCUT2D eigenvalue weighted by Crippen LogP contribution is 2.24. The van der Waals surface area contributed by atoms with Crippen LogP contribution in [-0.4, -0.2) is 40.5 Å². The van der Waals surface area contributed by atoms with E-state index in [1.165, 1.54) is 4.90 Å². The van der Waals surface area contributed by atoms with Crippen LogP contribution in [-0.2, 0) is 16.0 Å². The zero-order valence-corrected chi connectivity index (χ0v) is 13.5. The molecule has 1 aliphatic heterocycles. The second-order valence-electron chi connectivity index (χ2n) is 5.55. The Hall–Kier alpha value is -1.30. The topological polar surface area (TPSA) is 83.6 Å². The minimum absolute atomic E-state index is 0.0461. The number of nitrogens with zero attached hydrogens (tertiary/aromatic N) is 1. The number of nitrogens with two attached hydrogens (primary N) is 1. The van der Waals surface area contributed by atoms with Gasteiger partial charge in [0.2, 0.25) is 5.91 Å². The van der Waals surface area contributed by atoms with Crippen molar-refractivity contribution in [3.8, 4) is 0 Å². The largest absolute Gasteiger partial charge is 0.378 e. The van der Waals surface area contributed by atoms with Crippen LogP contribution in [0.3, 0.4) is 0 Å². The third kappa shape index (κ3) is 3.91. The minimum Gasteiger partial charge on any atom is -0.378 e. The van der Waals surface area contributed by atoms with Crippen molar-refractivity contribution in [1.29, 1.82) is 0 Å². The highest BCUT2D eigenvalue weighted by molar-refractivity contribution is 6.35. The fourth-order valence-electron chi connectivity index (χ4n) is 2.57. The molecule has 2 rings (SSSR count). The number of hydrogen-bond donors (Lipinski definition) is 2. The Bertz CT molecular complexity index is 594. The van der Waals surface area contributed by atoms with Gasteiger partial charge in [0.15, 0.2) is 5.60 Å². The van der Waals surface area contributed by atoms with Gasteiger partial charge in [-0.25, -0.2) is 0 Å². The summed E-state index contributed by atoms with van der Waals surface area (Å²) in [6.45, 7) is 0.471. The molecule has 5 nitrogen and oxygen atoms in total. The Balaban J connectivity index is 1.96. The van der Waals surface area contributed by atoms with Crippen molar-refractivity contribution < 1.29 is 14.7 Å². The van der Waals surface area contributed by atoms with Gasteiger partial charge in [0.25, 0.3) is 5.91 Å². The molecular weight excluding hydrogens is 327 g/mol. The molecule has 0 aromatic heterocycles. The molecule has 0 aliphatic carbocycles. The number of carbonyl (C=O) groups excluding carboxylic acids is 2. The molecule has 0 spiro atoms. The van der Waals surface area contributed by atoms with E-state index < -0.39 is 11.5 Å². The molecule has 0 saturated carbocycles. The van der Waals surface area contributed by atoms with Gasteiger partial charge in [0, 0.05) is 23.0 Å². The first kappa shape index (κ1) is 17.1. The van der Waals surface area contributed by atoms with Crippen molar-refractivity contribution in [2.24, 2.45) is 5.73 Å². The predicted octanol–water partition coefficient (Wildman–Crippen LogP) is 1.76. The number of piperidine rings is 1. The lowest BCUT2D eigenvalue weighted by Gasteiger charge is -2.37. The van der Waals surface area contributed by atoms with Crippen molar-refractivity contribution in [2.45, 2.75) is 31.3 Å². The number of likely N-dealkylation sites (tertiary alicyclic amines) is 1. The van der Waals surface area contributed by atoms with Crippen LogP contribution in [0.5, 0.6) is 0 Å². The van der Waals surface area contributed by atoms with Crippen molar-refractivity contribution in [2.75, 3.05) is 13.1 Å². The van der Waals surface area contributed by atoms with E-state index in [2.05, 4.69) is 0 Å². The van der Waals surface area contributed by atoms with Crippen LogP contribution >= 0.6 is 23.2 Å². The predicted molar refractivity (Wildman–Crippen MR) is 84.7 cm³/mol. The monoisotopic (exact) mass is 344 g/mol. The lowest BCUT2D eigenvalue weighted by molar-refractivity contribution is -0.148. The van der Waals surface area contributed by atoms with Crippen LogP contribution in [0.25, 0.3) is 0 Å². The van der Waals surface area contributed by atoms with E-state index in [4.69, 9.17) is 28.9 Å². The molecule has 1 aliphatic rings. The second kappa shape index (κ2) is 6.86. The van der Waals surface area contributed by atoms with Gasteiger partial charge in [-0.15, -0.1) is 0 Å². The quantitative estimate of drug-likeness (QED) is 0.872. The van der Waals surface area contributed by atoms with Gasteiger partial charge in [0.05, 0.1) is 6.54 Å². The molecule has 7 heteroatoms. The van der Waals surface area contributed by atoms with E-state index in [9.17, 15) is 14.7 Å². The molecular formula is C15H18Cl2N2O3. The number of carbonyl (C=O) groups is 2. The SMILES string of the molecule is NC(=O)C1(O)CCCN(C(=O)CCc2ccc(Cl)cc2Cl)C1. The molecule has 1 heterocycles. The lowest BCUT2D eigenvalue weighted by atomic mass is 9.92. The van der Waals surface area contributed by atoms with Gasteiger partial charge in [0.1, 0.15) is 0 Å². The molecule has 1 aromatic carbocycles. The molecule has 2 amide bonds. The van der Waals surface area contributed by atoms with Gasteiger partial charge in [-0.2, -0.15) is 0 Å². The van der Waals surface area contributed by atoms with E-state index >= 15 is 0 Å². The molecule has 120 valence electrons. The average molecular weight is 345 g/mol. The summed E-state index contributed by atoms with van der Waals surface area (Å²) >= 11 is 11.9. The number of benzene rings is 1. The van der Waals surface area contributed by atoms with Crippen LogP contribution in [0.2, 0.25) is 10.0 Å². The third-order valence-electron chi connectivity index (χ3n) is 3.91. The summed E-state index contributed by atoms with van der Waals surface area (Å²) in [6.07, 6.45) is 1.55. The Kier molecular flexibility index (Phi) is 5.32. The number of β-amino-alcohol motifs (C(OH)–C–C–N with tert-alkyl or cyclic N) is 1. The molecule has 3 N–H and O–H groups in total. The number of amides is 2. The summed E-state index contributed by atoms with van der Waals surface area (Å²) in [5, 5.41) is 11.2. The number of aryl methyl sites for hydroxylation is 1. The minimum atomic E-state index is -1.62. The second-order valence-corrected chi connectivity index (χ2v) is 6.39. The van der Waals surface area contributed by atoms with Crippen molar-refractivity contribution in [1.82, 2.24) is 4.90 Å². The van der Waals surface area contributed by atoms with Gasteiger partial charge in [-0.3, -0.25) is 9.59 Å². The van der Waals surface area contributed by atoms with Crippen LogP contribution in [0, 0.1) is 0 Å². The molecule has 1 aromatic rings. The number of rotatable bonds is 4. The van der Waals surface area contributed by atoms with Crippen LogP contribution < -0.4 is 5.73 Å². The third-order valence-corrected chi connectivity index (χ3v) is 4.49. The van der Waals surface area contributed by atoms with E-state index in [1.807, 2.05) is 0 Å². The van der Waals surface area contributed by atoms with Gasteiger partial charge < -0.3 is 15.7 Å². The molecule has 1 saturated heterocycles. The van der Waals surface area contributed by atoms with Crippen LogP contribution in [0.4, 0.5) is 0 Å². The Morgan fingerprint density at radius 3 is 2.73 bits per heavy atom. The summed E-state index contributed by atoms with van der Waals surface area (Å²) in [6, 6.07) is 5.14. The number of hydrogen-bond acceptors (Lipinski definition) is 3. The van der Waals surface area contributed by atoms with Crippen LogP contribution in [0.1, 0.15) is 24.8 Å².